The first kappa shape index (κ1) is 15.4. The van der Waals surface area contributed by atoms with E-state index < -0.39 is 5.54 Å². The molecule has 2 N–H and O–H groups in total. The van der Waals surface area contributed by atoms with E-state index in [4.69, 9.17) is 10.5 Å². The van der Waals surface area contributed by atoms with Crippen molar-refractivity contribution in [2.75, 3.05) is 20.3 Å². The van der Waals surface area contributed by atoms with Crippen molar-refractivity contribution in [3.8, 4) is 0 Å². The number of amides is 1. The molecule has 18 heavy (non-hydrogen) atoms. The van der Waals surface area contributed by atoms with Crippen LogP contribution in [0.3, 0.4) is 0 Å². The zero-order valence-corrected chi connectivity index (χ0v) is 12.2. The van der Waals surface area contributed by atoms with Gasteiger partial charge in [0.25, 0.3) is 0 Å². The molecule has 3 atom stereocenters. The predicted octanol–water partition coefficient (Wildman–Crippen LogP) is 1.78. The molecule has 4 heteroatoms. The Morgan fingerprint density at radius 3 is 2.78 bits per heavy atom. The zero-order valence-electron chi connectivity index (χ0n) is 12.2. The molecule has 1 rings (SSSR count). The molecule has 1 saturated carbocycles. The van der Waals surface area contributed by atoms with Gasteiger partial charge in [-0.1, -0.05) is 19.8 Å². The van der Waals surface area contributed by atoms with Gasteiger partial charge in [0, 0.05) is 13.7 Å². The van der Waals surface area contributed by atoms with E-state index in [9.17, 15) is 4.79 Å². The summed E-state index contributed by atoms with van der Waals surface area (Å²) in [6.45, 7) is 7.45. The second-order valence-electron chi connectivity index (χ2n) is 5.75. The monoisotopic (exact) mass is 256 g/mol. The molecule has 3 unspecified atom stereocenters. The van der Waals surface area contributed by atoms with Gasteiger partial charge in [0.15, 0.2) is 0 Å². The van der Waals surface area contributed by atoms with Crippen molar-refractivity contribution in [1.29, 1.82) is 0 Å². The molecule has 1 aliphatic rings. The standard InChI is InChI=1S/C14H28N2O2/c1-5-16(12(3)10-18-4)13(17)14(15)8-6-7-11(2)9-14/h11-12H,5-10,15H2,1-4H3. The summed E-state index contributed by atoms with van der Waals surface area (Å²) in [5.41, 5.74) is 5.71. The van der Waals surface area contributed by atoms with Crippen molar-refractivity contribution < 1.29 is 9.53 Å². The van der Waals surface area contributed by atoms with E-state index in [1.807, 2.05) is 18.7 Å². The van der Waals surface area contributed by atoms with E-state index in [-0.39, 0.29) is 11.9 Å². The van der Waals surface area contributed by atoms with Crippen LogP contribution in [0.2, 0.25) is 0 Å². The van der Waals surface area contributed by atoms with Crippen LogP contribution < -0.4 is 5.73 Å². The molecule has 0 aromatic carbocycles. The normalized spacial score (nSPS) is 29.9. The minimum atomic E-state index is -0.657. The molecule has 0 saturated heterocycles. The minimum absolute atomic E-state index is 0.0881. The lowest BCUT2D eigenvalue weighted by Gasteiger charge is -2.40. The van der Waals surface area contributed by atoms with E-state index in [0.29, 0.717) is 19.1 Å². The molecule has 4 nitrogen and oxygen atoms in total. The quantitative estimate of drug-likeness (QED) is 0.815. The number of likely N-dealkylation sites (N-methyl/N-ethyl adjacent to an activating group) is 1. The molecular weight excluding hydrogens is 228 g/mol. The van der Waals surface area contributed by atoms with E-state index in [2.05, 4.69) is 6.92 Å². The Bertz CT molecular complexity index is 283. The zero-order chi connectivity index (χ0) is 13.8. The Labute approximate surface area is 111 Å². The van der Waals surface area contributed by atoms with Crippen LogP contribution >= 0.6 is 0 Å². The lowest BCUT2D eigenvalue weighted by Crippen LogP contribution is -2.59. The molecule has 1 amide bonds. The Morgan fingerprint density at radius 1 is 1.61 bits per heavy atom. The van der Waals surface area contributed by atoms with Gasteiger partial charge >= 0.3 is 0 Å². The highest BCUT2D eigenvalue weighted by atomic mass is 16.5. The number of methoxy groups -OCH3 is 1. The van der Waals surface area contributed by atoms with Gasteiger partial charge in [0.05, 0.1) is 18.2 Å². The number of rotatable bonds is 5. The molecule has 1 aliphatic carbocycles. The number of nitrogens with zero attached hydrogens (tertiary/aromatic N) is 1. The summed E-state index contributed by atoms with van der Waals surface area (Å²) in [5.74, 6) is 0.644. The number of ether oxygens (including phenoxy) is 1. The van der Waals surface area contributed by atoms with Crippen molar-refractivity contribution in [3.05, 3.63) is 0 Å². The van der Waals surface area contributed by atoms with Gasteiger partial charge in [-0.05, 0) is 32.6 Å². The first-order valence-electron chi connectivity index (χ1n) is 7.03. The van der Waals surface area contributed by atoms with Crippen LogP contribution in [-0.2, 0) is 9.53 Å². The third kappa shape index (κ3) is 3.45. The first-order valence-corrected chi connectivity index (χ1v) is 7.03. The summed E-state index contributed by atoms with van der Waals surface area (Å²) in [6, 6.07) is 0.0881. The highest BCUT2D eigenvalue weighted by Crippen LogP contribution is 2.32. The number of hydrogen-bond acceptors (Lipinski definition) is 3. The van der Waals surface area contributed by atoms with Crippen LogP contribution in [0.1, 0.15) is 46.5 Å². The molecular formula is C14H28N2O2. The Hall–Kier alpha value is -0.610. The highest BCUT2D eigenvalue weighted by molar-refractivity contribution is 5.86. The molecule has 0 bridgehead atoms. The van der Waals surface area contributed by atoms with E-state index in [1.54, 1.807) is 7.11 Å². The fourth-order valence-electron chi connectivity index (χ4n) is 3.06. The van der Waals surface area contributed by atoms with Gasteiger partial charge in [-0.15, -0.1) is 0 Å². The summed E-state index contributed by atoms with van der Waals surface area (Å²) in [6.07, 6.45) is 3.86. The molecule has 0 aliphatic heterocycles. The summed E-state index contributed by atoms with van der Waals surface area (Å²) in [4.78, 5) is 14.5. The lowest BCUT2D eigenvalue weighted by atomic mass is 9.76. The summed E-state index contributed by atoms with van der Waals surface area (Å²) < 4.78 is 5.14. The molecule has 0 aromatic heterocycles. The van der Waals surface area contributed by atoms with Gasteiger partial charge in [-0.3, -0.25) is 4.79 Å². The van der Waals surface area contributed by atoms with Crippen molar-refractivity contribution >= 4 is 5.91 Å². The third-order valence-corrected chi connectivity index (χ3v) is 4.00. The molecule has 0 aromatic rings. The molecule has 0 heterocycles. The lowest BCUT2D eigenvalue weighted by molar-refractivity contribution is -0.141. The van der Waals surface area contributed by atoms with Crippen molar-refractivity contribution in [2.24, 2.45) is 11.7 Å². The maximum atomic E-state index is 12.7. The number of carbonyl (C=O) groups is 1. The number of hydrogen-bond donors (Lipinski definition) is 1. The maximum absolute atomic E-state index is 12.7. The largest absolute Gasteiger partial charge is 0.383 e. The summed E-state index contributed by atoms with van der Waals surface area (Å²) >= 11 is 0. The molecule has 106 valence electrons. The second-order valence-corrected chi connectivity index (χ2v) is 5.75. The summed E-state index contributed by atoms with van der Waals surface area (Å²) in [7, 11) is 1.66. The Morgan fingerprint density at radius 2 is 2.28 bits per heavy atom. The average molecular weight is 256 g/mol. The van der Waals surface area contributed by atoms with Crippen molar-refractivity contribution in [1.82, 2.24) is 4.90 Å². The van der Waals surface area contributed by atoms with Crippen LogP contribution in [0.15, 0.2) is 0 Å². The molecule has 0 spiro atoms. The van der Waals surface area contributed by atoms with E-state index in [0.717, 1.165) is 19.3 Å². The van der Waals surface area contributed by atoms with Gasteiger partial charge in [-0.25, -0.2) is 0 Å². The smallest absolute Gasteiger partial charge is 0.242 e. The average Bonchev–Trinajstić information content (AvgIpc) is 2.29. The Balaban J connectivity index is 2.76. The predicted molar refractivity (Wildman–Crippen MR) is 73.3 cm³/mol. The highest BCUT2D eigenvalue weighted by Gasteiger charge is 2.41. The topological polar surface area (TPSA) is 55.6 Å². The van der Waals surface area contributed by atoms with Crippen LogP contribution in [0.25, 0.3) is 0 Å². The fourth-order valence-corrected chi connectivity index (χ4v) is 3.06. The first-order chi connectivity index (χ1) is 8.44. The fraction of sp³-hybridized carbons (Fsp3) is 0.929. The van der Waals surface area contributed by atoms with Gasteiger partial charge < -0.3 is 15.4 Å². The van der Waals surface area contributed by atoms with Crippen LogP contribution in [0, 0.1) is 5.92 Å². The summed E-state index contributed by atoms with van der Waals surface area (Å²) in [5, 5.41) is 0. The number of carbonyl (C=O) groups excluding carboxylic acids is 1. The van der Waals surface area contributed by atoms with Crippen LogP contribution in [-0.4, -0.2) is 42.6 Å². The molecule has 0 radical (unpaired) electrons. The third-order valence-electron chi connectivity index (χ3n) is 4.00. The van der Waals surface area contributed by atoms with E-state index in [1.165, 1.54) is 6.42 Å². The second kappa shape index (κ2) is 6.53. The van der Waals surface area contributed by atoms with E-state index >= 15 is 0 Å². The SMILES string of the molecule is CCN(C(=O)C1(N)CCCC(C)C1)C(C)COC. The van der Waals surface area contributed by atoms with Gasteiger partial charge in [0.2, 0.25) is 5.91 Å². The van der Waals surface area contributed by atoms with Gasteiger partial charge in [0.1, 0.15) is 0 Å². The molecule has 1 fully saturated rings. The maximum Gasteiger partial charge on any atom is 0.242 e. The van der Waals surface area contributed by atoms with Crippen molar-refractivity contribution in [3.63, 3.8) is 0 Å². The van der Waals surface area contributed by atoms with Crippen molar-refractivity contribution in [2.45, 2.75) is 58.0 Å². The van der Waals surface area contributed by atoms with Crippen LogP contribution in [0.4, 0.5) is 0 Å². The number of nitrogens with two attached hydrogens (primary N) is 1. The van der Waals surface area contributed by atoms with Gasteiger partial charge in [-0.2, -0.15) is 0 Å². The minimum Gasteiger partial charge on any atom is -0.383 e. The van der Waals surface area contributed by atoms with Crippen LogP contribution in [0.5, 0.6) is 0 Å². The Kier molecular flexibility index (Phi) is 5.60.